The highest BCUT2D eigenvalue weighted by Gasteiger charge is 2.20. The molecule has 2 nitrogen and oxygen atoms in total. The maximum atomic E-state index is 2.36. The summed E-state index contributed by atoms with van der Waals surface area (Å²) >= 11 is 0. The molecule has 0 aliphatic carbocycles. The quantitative estimate of drug-likeness (QED) is 0.134. The Kier molecular flexibility index (Phi) is 9.53. The maximum absolute atomic E-state index is 2.36. The van der Waals surface area contributed by atoms with Crippen LogP contribution in [0, 0.1) is 0 Å². The molecule has 8 aromatic carbocycles. The molecule has 2 heteroatoms. The molecule has 0 heterocycles. The summed E-state index contributed by atoms with van der Waals surface area (Å²) in [6.07, 6.45) is 8.65. The lowest BCUT2D eigenvalue weighted by Gasteiger charge is -2.30. The van der Waals surface area contributed by atoms with Crippen LogP contribution in [0.25, 0.3) is 35.1 Å². The van der Waals surface area contributed by atoms with E-state index in [9.17, 15) is 0 Å². The molecule has 0 atom stereocenters. The van der Waals surface area contributed by atoms with Gasteiger partial charge in [0.1, 0.15) is 0 Å². The lowest BCUT2D eigenvalue weighted by molar-refractivity contribution is 1.27. The first-order valence-electron chi connectivity index (χ1n) is 17.7. The van der Waals surface area contributed by atoms with Gasteiger partial charge in [-0.25, -0.2) is 0 Å². The van der Waals surface area contributed by atoms with E-state index in [0.29, 0.717) is 0 Å². The van der Waals surface area contributed by atoms with E-state index in [0.717, 1.165) is 45.3 Å². The monoisotopic (exact) mass is 666 g/mol. The van der Waals surface area contributed by atoms with Crippen molar-refractivity contribution in [2.75, 3.05) is 9.80 Å². The maximum Gasteiger partial charge on any atom is 0.0541 e. The lowest BCUT2D eigenvalue weighted by Crippen LogP contribution is -2.13. The van der Waals surface area contributed by atoms with E-state index in [1.165, 1.54) is 21.9 Å². The molecular weight excluding hydrogens is 629 g/mol. The molecule has 0 aromatic heterocycles. The van der Waals surface area contributed by atoms with Gasteiger partial charge in [-0.3, -0.25) is 0 Å². The van der Waals surface area contributed by atoms with Gasteiger partial charge in [0.05, 0.1) is 11.4 Å². The number of benzene rings is 8. The van der Waals surface area contributed by atoms with Crippen LogP contribution in [-0.4, -0.2) is 0 Å². The van der Waals surface area contributed by atoms with Crippen molar-refractivity contribution in [3.63, 3.8) is 0 Å². The number of fused-ring (bicyclic) bond motifs is 1. The highest BCUT2D eigenvalue weighted by atomic mass is 15.2. The molecule has 0 aliphatic heterocycles. The molecule has 0 spiro atoms. The fourth-order valence-corrected chi connectivity index (χ4v) is 6.65. The zero-order valence-corrected chi connectivity index (χ0v) is 28.8. The van der Waals surface area contributed by atoms with Gasteiger partial charge in [-0.2, -0.15) is 0 Å². The predicted molar refractivity (Wildman–Crippen MR) is 224 cm³/mol. The van der Waals surface area contributed by atoms with Crippen molar-refractivity contribution < 1.29 is 0 Å². The van der Waals surface area contributed by atoms with Crippen molar-refractivity contribution in [3.8, 4) is 0 Å². The third-order valence-electron chi connectivity index (χ3n) is 9.23. The second-order valence-electron chi connectivity index (χ2n) is 12.7. The first-order valence-corrected chi connectivity index (χ1v) is 17.7. The zero-order valence-electron chi connectivity index (χ0n) is 28.8. The van der Waals surface area contributed by atoms with E-state index < -0.39 is 0 Å². The smallest absolute Gasteiger partial charge is 0.0541 e. The van der Waals surface area contributed by atoms with Crippen molar-refractivity contribution in [1.82, 2.24) is 0 Å². The summed E-state index contributed by atoms with van der Waals surface area (Å²) in [7, 11) is 0. The van der Waals surface area contributed by atoms with Crippen molar-refractivity contribution in [1.29, 1.82) is 0 Å². The Morgan fingerprint density at radius 3 is 0.846 bits per heavy atom. The zero-order chi connectivity index (χ0) is 35.0. The summed E-state index contributed by atoms with van der Waals surface area (Å²) in [5, 5.41) is 2.33. The van der Waals surface area contributed by atoms with Crippen LogP contribution >= 0.6 is 0 Å². The summed E-state index contributed by atoms with van der Waals surface area (Å²) in [5.74, 6) is 0. The normalized spacial score (nSPS) is 11.3. The molecule has 0 radical (unpaired) electrons. The molecular formula is C50H38N2. The van der Waals surface area contributed by atoms with Gasteiger partial charge in [0.15, 0.2) is 0 Å². The van der Waals surface area contributed by atoms with E-state index in [2.05, 4.69) is 228 Å². The van der Waals surface area contributed by atoms with Crippen LogP contribution in [0.15, 0.2) is 206 Å². The molecule has 0 fully saturated rings. The SMILES string of the molecule is C(=C/c1ccc(N(c2ccccc2)c2ccc(N(c3ccccc3)c3ccc(/C=C\c4ccccc4)cc3)c3ccccc23)cc1)/c1ccccc1. The van der Waals surface area contributed by atoms with E-state index in [4.69, 9.17) is 0 Å². The number of para-hydroxylation sites is 2. The molecule has 8 rings (SSSR count). The Morgan fingerprint density at radius 2 is 0.500 bits per heavy atom. The van der Waals surface area contributed by atoms with Crippen LogP contribution in [-0.2, 0) is 0 Å². The van der Waals surface area contributed by atoms with Gasteiger partial charge in [0, 0.05) is 33.5 Å². The van der Waals surface area contributed by atoms with E-state index >= 15 is 0 Å². The highest BCUT2D eigenvalue weighted by Crippen LogP contribution is 2.45. The average Bonchev–Trinajstić information content (AvgIpc) is 3.22. The summed E-state index contributed by atoms with van der Waals surface area (Å²) < 4.78 is 0. The molecule has 8 aromatic rings. The van der Waals surface area contributed by atoms with Crippen LogP contribution in [0.2, 0.25) is 0 Å². The molecule has 52 heavy (non-hydrogen) atoms. The Hall–Kier alpha value is -6.90. The van der Waals surface area contributed by atoms with Crippen LogP contribution in [0.1, 0.15) is 22.3 Å². The first-order chi connectivity index (χ1) is 25.8. The van der Waals surface area contributed by atoms with E-state index in [-0.39, 0.29) is 0 Å². The van der Waals surface area contributed by atoms with E-state index in [1.54, 1.807) is 0 Å². The number of nitrogens with zero attached hydrogens (tertiary/aromatic N) is 2. The minimum atomic E-state index is 1.10. The second-order valence-corrected chi connectivity index (χ2v) is 12.7. The fourth-order valence-electron chi connectivity index (χ4n) is 6.65. The Bertz CT molecular complexity index is 2240. The molecule has 248 valence electrons. The topological polar surface area (TPSA) is 6.48 Å². The minimum absolute atomic E-state index is 1.10. The highest BCUT2D eigenvalue weighted by molar-refractivity contribution is 6.07. The Labute approximate surface area is 306 Å². The summed E-state index contributed by atoms with van der Waals surface area (Å²) in [6, 6.07) is 73.0. The molecule has 0 amide bonds. The van der Waals surface area contributed by atoms with Gasteiger partial charge in [0.2, 0.25) is 0 Å². The predicted octanol–water partition coefficient (Wildman–Crippen LogP) is 14.1. The van der Waals surface area contributed by atoms with Crippen molar-refractivity contribution in [2.45, 2.75) is 0 Å². The van der Waals surface area contributed by atoms with Crippen LogP contribution in [0.3, 0.4) is 0 Å². The van der Waals surface area contributed by atoms with Gasteiger partial charge >= 0.3 is 0 Å². The number of rotatable bonds is 10. The molecule has 0 aliphatic rings. The van der Waals surface area contributed by atoms with Crippen molar-refractivity contribution in [2.24, 2.45) is 0 Å². The van der Waals surface area contributed by atoms with Crippen LogP contribution < -0.4 is 9.80 Å². The third kappa shape index (κ3) is 7.19. The summed E-state index contributed by atoms with van der Waals surface area (Å²) in [6.45, 7) is 0. The third-order valence-corrected chi connectivity index (χ3v) is 9.23. The number of hydrogen-bond acceptors (Lipinski definition) is 2. The first kappa shape index (κ1) is 32.3. The fraction of sp³-hybridized carbons (Fsp3) is 0. The van der Waals surface area contributed by atoms with Gasteiger partial charge in [-0.15, -0.1) is 0 Å². The largest absolute Gasteiger partial charge is 0.310 e. The molecule has 0 N–H and O–H groups in total. The van der Waals surface area contributed by atoms with Crippen LogP contribution in [0.4, 0.5) is 34.1 Å². The standard InChI is InChI=1S/C50H38N2/c1-5-15-39(16-6-1)25-27-41-29-33-45(34-30-41)51(43-19-9-3-10-20-43)49-37-38-50(48-24-14-13-23-47(48)49)52(44-21-11-4-12-22-44)46-35-31-42(32-36-46)28-26-40-17-7-2-8-18-40/h1-38H/b27-25-,28-26-. The summed E-state index contributed by atoms with van der Waals surface area (Å²) in [5.41, 5.74) is 11.3. The minimum Gasteiger partial charge on any atom is -0.310 e. The van der Waals surface area contributed by atoms with Crippen molar-refractivity contribution in [3.05, 3.63) is 229 Å². The van der Waals surface area contributed by atoms with Gasteiger partial charge < -0.3 is 9.80 Å². The Balaban J connectivity index is 1.20. The molecule has 0 bridgehead atoms. The van der Waals surface area contributed by atoms with E-state index in [1.807, 2.05) is 12.1 Å². The summed E-state index contributed by atoms with van der Waals surface area (Å²) in [4.78, 5) is 4.72. The second kappa shape index (κ2) is 15.3. The van der Waals surface area contributed by atoms with Crippen molar-refractivity contribution >= 4 is 69.2 Å². The van der Waals surface area contributed by atoms with Gasteiger partial charge in [0.25, 0.3) is 0 Å². The Morgan fingerprint density at radius 1 is 0.231 bits per heavy atom. The van der Waals surface area contributed by atoms with Gasteiger partial charge in [-0.05, 0) is 82.9 Å². The lowest BCUT2D eigenvalue weighted by atomic mass is 10.0. The number of anilines is 6. The average molecular weight is 667 g/mol. The molecule has 0 saturated carbocycles. The van der Waals surface area contributed by atoms with Crippen LogP contribution in [0.5, 0.6) is 0 Å². The molecule has 0 unspecified atom stereocenters. The number of hydrogen-bond donors (Lipinski definition) is 0. The van der Waals surface area contributed by atoms with Gasteiger partial charge in [-0.1, -0.05) is 170 Å². The molecule has 0 saturated heterocycles.